The van der Waals surface area contributed by atoms with Crippen LogP contribution < -0.4 is 14.8 Å². The van der Waals surface area contributed by atoms with E-state index in [9.17, 15) is 4.79 Å². The van der Waals surface area contributed by atoms with E-state index in [2.05, 4.69) is 5.32 Å². The molecule has 0 heterocycles. The van der Waals surface area contributed by atoms with Gasteiger partial charge in [0.1, 0.15) is 11.5 Å². The predicted octanol–water partition coefficient (Wildman–Crippen LogP) is 1.62. The summed E-state index contributed by atoms with van der Waals surface area (Å²) in [6.07, 6.45) is 0. The predicted molar refractivity (Wildman–Crippen MR) is 71.2 cm³/mol. The minimum atomic E-state index is -0.638. The summed E-state index contributed by atoms with van der Waals surface area (Å²) >= 11 is 0. The summed E-state index contributed by atoms with van der Waals surface area (Å²) in [5, 5.41) is 11.0. The van der Waals surface area contributed by atoms with Crippen LogP contribution in [0, 0.1) is 11.3 Å². The molecule has 0 spiro atoms. The first kappa shape index (κ1) is 14.8. The molecule has 1 aromatic rings. The van der Waals surface area contributed by atoms with Crippen LogP contribution in [0.15, 0.2) is 18.2 Å². The van der Waals surface area contributed by atoms with Crippen molar-refractivity contribution >= 4 is 5.91 Å². The first-order chi connectivity index (χ1) is 8.94. The van der Waals surface area contributed by atoms with E-state index >= 15 is 0 Å². The Kier molecular flexibility index (Phi) is 4.76. The van der Waals surface area contributed by atoms with E-state index in [1.165, 1.54) is 6.07 Å². The van der Waals surface area contributed by atoms with Gasteiger partial charge in [0, 0.05) is 23.6 Å². The van der Waals surface area contributed by atoms with Crippen molar-refractivity contribution in [1.82, 2.24) is 5.32 Å². The van der Waals surface area contributed by atoms with Gasteiger partial charge in [-0.3, -0.25) is 4.79 Å². The molecule has 1 rings (SSSR count). The van der Waals surface area contributed by atoms with Crippen molar-refractivity contribution in [2.45, 2.75) is 19.3 Å². The topological polar surface area (TPSA) is 71.3 Å². The van der Waals surface area contributed by atoms with E-state index in [1.54, 1.807) is 20.3 Å². The van der Waals surface area contributed by atoms with Crippen molar-refractivity contribution in [3.05, 3.63) is 23.8 Å². The first-order valence-corrected chi connectivity index (χ1v) is 5.85. The highest BCUT2D eigenvalue weighted by atomic mass is 16.5. The number of carbonyl (C=O) groups excluding carboxylic acids is 1. The van der Waals surface area contributed by atoms with Gasteiger partial charge in [0.25, 0.3) is 0 Å². The third kappa shape index (κ3) is 3.62. The van der Waals surface area contributed by atoms with Crippen molar-refractivity contribution in [3.63, 3.8) is 0 Å². The Labute approximate surface area is 113 Å². The number of nitrogens with zero attached hydrogens (tertiary/aromatic N) is 1. The average molecular weight is 262 g/mol. The minimum Gasteiger partial charge on any atom is -0.497 e. The maximum atomic E-state index is 11.0. The summed E-state index contributed by atoms with van der Waals surface area (Å²) < 4.78 is 10.5. The summed E-state index contributed by atoms with van der Waals surface area (Å²) in [5.74, 6) is 0.758. The average Bonchev–Trinajstić information content (AvgIpc) is 2.43. The highest BCUT2D eigenvalue weighted by Crippen LogP contribution is 2.33. The molecule has 0 saturated heterocycles. The Morgan fingerprint density at radius 1 is 1.37 bits per heavy atom. The van der Waals surface area contributed by atoms with Crippen molar-refractivity contribution in [3.8, 4) is 17.6 Å². The van der Waals surface area contributed by atoms with Gasteiger partial charge >= 0.3 is 5.91 Å². The molecule has 19 heavy (non-hydrogen) atoms. The lowest BCUT2D eigenvalue weighted by molar-refractivity contribution is -0.116. The third-order valence-electron chi connectivity index (χ3n) is 2.93. The van der Waals surface area contributed by atoms with Gasteiger partial charge in [-0.05, 0) is 6.07 Å². The van der Waals surface area contributed by atoms with Gasteiger partial charge in [0.05, 0.1) is 14.2 Å². The van der Waals surface area contributed by atoms with Gasteiger partial charge < -0.3 is 14.8 Å². The van der Waals surface area contributed by atoms with Gasteiger partial charge in [0.15, 0.2) is 6.07 Å². The quantitative estimate of drug-likeness (QED) is 0.818. The SMILES string of the molecule is COc1ccc(C(C)(C)CNC(=O)C#N)c(OC)c1. The Morgan fingerprint density at radius 2 is 2.05 bits per heavy atom. The molecule has 0 aliphatic rings. The third-order valence-corrected chi connectivity index (χ3v) is 2.93. The number of nitrogens with one attached hydrogen (secondary N) is 1. The number of benzene rings is 1. The molecule has 0 bridgehead atoms. The van der Waals surface area contributed by atoms with Gasteiger partial charge in [-0.2, -0.15) is 5.26 Å². The molecule has 0 aromatic heterocycles. The molecular weight excluding hydrogens is 244 g/mol. The zero-order valence-electron chi connectivity index (χ0n) is 11.6. The fourth-order valence-corrected chi connectivity index (χ4v) is 1.79. The van der Waals surface area contributed by atoms with Gasteiger partial charge in [-0.25, -0.2) is 0 Å². The lowest BCUT2D eigenvalue weighted by Crippen LogP contribution is -2.36. The number of amides is 1. The van der Waals surface area contributed by atoms with Crippen LogP contribution in [0.1, 0.15) is 19.4 Å². The van der Waals surface area contributed by atoms with Gasteiger partial charge in [-0.1, -0.05) is 19.9 Å². The Bertz CT molecular complexity index is 504. The monoisotopic (exact) mass is 262 g/mol. The zero-order chi connectivity index (χ0) is 14.5. The summed E-state index contributed by atoms with van der Waals surface area (Å²) in [4.78, 5) is 11.0. The van der Waals surface area contributed by atoms with E-state index in [1.807, 2.05) is 26.0 Å². The number of nitriles is 1. The van der Waals surface area contributed by atoms with Crippen molar-refractivity contribution in [2.75, 3.05) is 20.8 Å². The van der Waals surface area contributed by atoms with E-state index in [4.69, 9.17) is 14.7 Å². The number of ether oxygens (including phenoxy) is 2. The molecule has 102 valence electrons. The number of methoxy groups -OCH3 is 2. The van der Waals surface area contributed by atoms with E-state index < -0.39 is 5.91 Å². The molecular formula is C14H18N2O3. The normalized spacial score (nSPS) is 10.5. The molecule has 5 heteroatoms. The maximum Gasteiger partial charge on any atom is 0.322 e. The maximum absolute atomic E-state index is 11.0. The van der Waals surface area contributed by atoms with E-state index in [0.29, 0.717) is 18.0 Å². The molecule has 0 saturated carbocycles. The molecule has 0 radical (unpaired) electrons. The number of rotatable bonds is 5. The summed E-state index contributed by atoms with van der Waals surface area (Å²) in [5.41, 5.74) is 0.582. The number of carbonyl (C=O) groups is 1. The van der Waals surface area contributed by atoms with Crippen LogP contribution in [-0.2, 0) is 10.2 Å². The Hall–Kier alpha value is -2.22. The fourth-order valence-electron chi connectivity index (χ4n) is 1.79. The number of hydrogen-bond donors (Lipinski definition) is 1. The van der Waals surface area contributed by atoms with Crippen molar-refractivity contribution in [1.29, 1.82) is 5.26 Å². The Balaban J connectivity index is 3.00. The van der Waals surface area contributed by atoms with Crippen LogP contribution in [0.2, 0.25) is 0 Å². The van der Waals surface area contributed by atoms with Crippen LogP contribution in [0.25, 0.3) is 0 Å². The molecule has 5 nitrogen and oxygen atoms in total. The van der Waals surface area contributed by atoms with Crippen LogP contribution in [0.4, 0.5) is 0 Å². The Morgan fingerprint density at radius 3 is 2.58 bits per heavy atom. The molecule has 0 aliphatic heterocycles. The smallest absolute Gasteiger partial charge is 0.322 e. The molecule has 1 aromatic carbocycles. The molecule has 1 N–H and O–H groups in total. The highest BCUT2D eigenvalue weighted by molar-refractivity contribution is 5.91. The minimum absolute atomic E-state index is 0.349. The molecule has 0 fully saturated rings. The molecule has 0 atom stereocenters. The lowest BCUT2D eigenvalue weighted by atomic mass is 9.83. The summed E-state index contributed by atoms with van der Waals surface area (Å²) in [6.45, 7) is 4.28. The van der Waals surface area contributed by atoms with Crippen LogP contribution in [-0.4, -0.2) is 26.7 Å². The second-order valence-electron chi connectivity index (χ2n) is 4.74. The number of hydrogen-bond acceptors (Lipinski definition) is 4. The van der Waals surface area contributed by atoms with Crippen LogP contribution >= 0.6 is 0 Å². The lowest BCUT2D eigenvalue weighted by Gasteiger charge is -2.27. The summed E-state index contributed by atoms with van der Waals surface area (Å²) in [7, 11) is 3.18. The molecule has 1 amide bonds. The molecule has 0 aliphatic carbocycles. The highest BCUT2D eigenvalue weighted by Gasteiger charge is 2.25. The van der Waals surface area contributed by atoms with Gasteiger partial charge in [0.2, 0.25) is 0 Å². The zero-order valence-corrected chi connectivity index (χ0v) is 11.6. The second kappa shape index (κ2) is 6.10. The second-order valence-corrected chi connectivity index (χ2v) is 4.74. The van der Waals surface area contributed by atoms with Gasteiger partial charge in [-0.15, -0.1) is 0 Å². The summed E-state index contributed by atoms with van der Waals surface area (Å²) in [6, 6.07) is 7.07. The first-order valence-electron chi connectivity index (χ1n) is 5.85. The standard InChI is InChI=1S/C14H18N2O3/c1-14(2,9-16-13(17)8-15)11-6-5-10(18-3)7-12(11)19-4/h5-7H,9H2,1-4H3,(H,16,17). The van der Waals surface area contributed by atoms with Crippen molar-refractivity contribution in [2.24, 2.45) is 0 Å². The van der Waals surface area contributed by atoms with Crippen LogP contribution in [0.3, 0.4) is 0 Å². The molecule has 0 unspecified atom stereocenters. The van der Waals surface area contributed by atoms with Crippen molar-refractivity contribution < 1.29 is 14.3 Å². The van der Waals surface area contributed by atoms with Crippen LogP contribution in [0.5, 0.6) is 11.5 Å². The van der Waals surface area contributed by atoms with E-state index in [-0.39, 0.29) is 5.41 Å². The van der Waals surface area contributed by atoms with E-state index in [0.717, 1.165) is 5.56 Å². The largest absolute Gasteiger partial charge is 0.497 e. The fraction of sp³-hybridized carbons (Fsp3) is 0.429.